The van der Waals surface area contributed by atoms with Gasteiger partial charge < -0.3 is 10.5 Å². The van der Waals surface area contributed by atoms with Gasteiger partial charge in [-0.1, -0.05) is 12.1 Å². The van der Waals surface area contributed by atoms with Gasteiger partial charge in [0.15, 0.2) is 0 Å². The molecule has 1 aliphatic rings. The zero-order valence-electron chi connectivity index (χ0n) is 10.0. The van der Waals surface area contributed by atoms with E-state index in [1.165, 1.54) is 13.2 Å². The van der Waals surface area contributed by atoms with E-state index in [0.717, 1.165) is 5.56 Å². The minimum Gasteiger partial charge on any atom is -0.468 e. The van der Waals surface area contributed by atoms with Gasteiger partial charge in [-0.05, 0) is 30.2 Å². The van der Waals surface area contributed by atoms with Gasteiger partial charge in [-0.2, -0.15) is 0 Å². The fourth-order valence-corrected chi connectivity index (χ4v) is 3.60. The minimum absolute atomic E-state index is 0.116. The number of nitrogens with two attached hydrogens (primary N) is 1. The first-order valence-corrected chi connectivity index (χ1v) is 6.77. The summed E-state index contributed by atoms with van der Waals surface area (Å²) in [5.74, 6) is -0.769. The molecule has 0 saturated carbocycles. The Morgan fingerprint density at radius 2 is 2.06 bits per heavy atom. The second kappa shape index (κ2) is 4.22. The van der Waals surface area contributed by atoms with Gasteiger partial charge in [-0.15, -0.1) is 0 Å². The van der Waals surface area contributed by atoms with Crippen LogP contribution in [0.2, 0.25) is 0 Å². The molecule has 5 nitrogen and oxygen atoms in total. The highest BCUT2D eigenvalue weighted by atomic mass is 32.2. The predicted molar refractivity (Wildman–Crippen MR) is 66.3 cm³/mol. The summed E-state index contributed by atoms with van der Waals surface area (Å²) in [6.45, 7) is 1.80. The van der Waals surface area contributed by atoms with Crippen molar-refractivity contribution in [2.24, 2.45) is 5.73 Å². The molecule has 0 amide bonds. The van der Waals surface area contributed by atoms with Crippen LogP contribution in [-0.4, -0.2) is 27.5 Å². The Kier molecular flexibility index (Phi) is 3.00. The summed E-state index contributed by atoms with van der Waals surface area (Å²) < 4.78 is 29.0. The quantitative estimate of drug-likeness (QED) is 0.794. The molecular weight excluding hydrogens is 254 g/mol. The zero-order valence-corrected chi connectivity index (χ0v) is 10.8. The van der Waals surface area contributed by atoms with Crippen molar-refractivity contribution >= 4 is 21.9 Å². The fourth-order valence-electron chi connectivity index (χ4n) is 1.85. The van der Waals surface area contributed by atoms with Crippen LogP contribution < -0.4 is 5.73 Å². The van der Waals surface area contributed by atoms with E-state index in [-0.39, 0.29) is 9.80 Å². The lowest BCUT2D eigenvalue weighted by atomic mass is 10.1. The van der Waals surface area contributed by atoms with Crippen LogP contribution in [0.4, 0.5) is 0 Å². The van der Waals surface area contributed by atoms with Crippen LogP contribution in [0, 0.1) is 6.92 Å². The number of esters is 1. The molecular formula is C12H13NO4S. The molecule has 0 bridgehead atoms. The van der Waals surface area contributed by atoms with Crippen molar-refractivity contribution < 1.29 is 17.9 Å². The molecule has 0 saturated heterocycles. The first kappa shape index (κ1) is 12.8. The van der Waals surface area contributed by atoms with E-state index in [4.69, 9.17) is 5.73 Å². The Labute approximate surface area is 105 Å². The third-order valence-corrected chi connectivity index (χ3v) is 4.75. The monoisotopic (exact) mass is 267 g/mol. The number of carbonyl (C=O) groups excluding carboxylic acids is 1. The minimum atomic E-state index is -3.69. The number of hydrogen-bond donors (Lipinski definition) is 1. The molecule has 6 heteroatoms. The maximum absolute atomic E-state index is 12.2. The maximum Gasteiger partial charge on any atom is 0.328 e. The van der Waals surface area contributed by atoms with E-state index in [2.05, 4.69) is 4.74 Å². The lowest BCUT2D eigenvalue weighted by Gasteiger charge is -2.10. The third-order valence-electron chi connectivity index (χ3n) is 2.83. The molecule has 1 aromatic rings. The largest absolute Gasteiger partial charge is 0.468 e. The van der Waals surface area contributed by atoms with E-state index in [1.807, 2.05) is 0 Å². The number of aryl methyl sites for hydroxylation is 1. The summed E-state index contributed by atoms with van der Waals surface area (Å²) in [7, 11) is -2.52. The van der Waals surface area contributed by atoms with E-state index in [0.29, 0.717) is 5.56 Å². The molecule has 1 atom stereocenters. The summed E-state index contributed by atoms with van der Waals surface area (Å²) in [4.78, 5) is 11.4. The lowest BCUT2D eigenvalue weighted by molar-refractivity contribution is -0.141. The Morgan fingerprint density at radius 1 is 1.39 bits per heavy atom. The van der Waals surface area contributed by atoms with Gasteiger partial charge in [0.05, 0.1) is 16.9 Å². The second-order valence-corrected chi connectivity index (χ2v) is 6.01. The van der Waals surface area contributed by atoms with Gasteiger partial charge in [-0.3, -0.25) is 0 Å². The van der Waals surface area contributed by atoms with Crippen LogP contribution in [0.3, 0.4) is 0 Å². The van der Waals surface area contributed by atoms with E-state index < -0.39 is 21.8 Å². The molecule has 0 aromatic heterocycles. The highest BCUT2D eigenvalue weighted by molar-refractivity contribution is 7.96. The SMILES string of the molecule is COC(=O)C(N)C1=Cc2ccc(C)cc2S1(=O)=O. The van der Waals surface area contributed by atoms with Gasteiger partial charge >= 0.3 is 5.97 Å². The molecule has 1 aromatic carbocycles. The Balaban J connectivity index is 2.54. The van der Waals surface area contributed by atoms with Gasteiger partial charge in [0.2, 0.25) is 9.84 Å². The number of fused-ring (bicyclic) bond motifs is 1. The number of sulfone groups is 1. The van der Waals surface area contributed by atoms with Crippen LogP contribution in [-0.2, 0) is 19.4 Å². The maximum atomic E-state index is 12.2. The standard InChI is InChI=1S/C12H13NO4S/c1-7-3-4-8-6-10(11(13)12(14)17-2)18(15,16)9(8)5-7/h3-6,11H,13H2,1-2H3. The van der Waals surface area contributed by atoms with Crippen molar-refractivity contribution in [3.05, 3.63) is 34.2 Å². The molecule has 2 rings (SSSR count). The molecule has 0 aliphatic carbocycles. The zero-order chi connectivity index (χ0) is 13.5. The van der Waals surface area contributed by atoms with Crippen molar-refractivity contribution in [1.29, 1.82) is 0 Å². The summed E-state index contributed by atoms with van der Waals surface area (Å²) >= 11 is 0. The molecule has 18 heavy (non-hydrogen) atoms. The van der Waals surface area contributed by atoms with Gasteiger partial charge in [0.1, 0.15) is 6.04 Å². The lowest BCUT2D eigenvalue weighted by Crippen LogP contribution is -2.35. The summed E-state index contributed by atoms with van der Waals surface area (Å²) in [6, 6.07) is 3.78. The Hall–Kier alpha value is -1.66. The number of rotatable bonds is 2. The van der Waals surface area contributed by atoms with Crippen LogP contribution in [0.15, 0.2) is 28.0 Å². The van der Waals surface area contributed by atoms with Gasteiger partial charge in [-0.25, -0.2) is 13.2 Å². The van der Waals surface area contributed by atoms with E-state index in [9.17, 15) is 13.2 Å². The summed E-state index contributed by atoms with van der Waals surface area (Å²) in [5.41, 5.74) is 6.99. The molecule has 0 fully saturated rings. The fraction of sp³-hybridized carbons (Fsp3) is 0.250. The van der Waals surface area contributed by atoms with Crippen molar-refractivity contribution in [2.75, 3.05) is 7.11 Å². The topological polar surface area (TPSA) is 86.5 Å². The average Bonchev–Trinajstić information content (AvgIpc) is 2.59. The number of carbonyl (C=O) groups is 1. The van der Waals surface area contributed by atoms with E-state index in [1.54, 1.807) is 25.1 Å². The molecule has 1 heterocycles. The second-order valence-electron chi connectivity index (χ2n) is 4.09. The molecule has 96 valence electrons. The van der Waals surface area contributed by atoms with Crippen molar-refractivity contribution in [1.82, 2.24) is 0 Å². The molecule has 2 N–H and O–H groups in total. The van der Waals surface area contributed by atoms with Crippen LogP contribution in [0.1, 0.15) is 11.1 Å². The molecule has 1 aliphatic heterocycles. The normalized spacial score (nSPS) is 17.8. The van der Waals surface area contributed by atoms with Crippen molar-refractivity contribution in [3.63, 3.8) is 0 Å². The van der Waals surface area contributed by atoms with Crippen molar-refractivity contribution in [2.45, 2.75) is 17.9 Å². The van der Waals surface area contributed by atoms with E-state index >= 15 is 0 Å². The molecule has 1 unspecified atom stereocenters. The number of ether oxygens (including phenoxy) is 1. The molecule has 0 spiro atoms. The Bertz CT molecular complexity index is 646. The summed E-state index contributed by atoms with van der Waals surface area (Å²) in [5, 5.41) is 0. The first-order chi connectivity index (χ1) is 8.37. The van der Waals surface area contributed by atoms with Gasteiger partial charge in [0, 0.05) is 0 Å². The van der Waals surface area contributed by atoms with Crippen LogP contribution in [0.5, 0.6) is 0 Å². The predicted octanol–water partition coefficient (Wildman–Crippen LogP) is 0.624. The highest BCUT2D eigenvalue weighted by Gasteiger charge is 2.36. The van der Waals surface area contributed by atoms with Crippen molar-refractivity contribution in [3.8, 4) is 0 Å². The number of benzene rings is 1. The van der Waals surface area contributed by atoms with Gasteiger partial charge in [0.25, 0.3) is 0 Å². The highest BCUT2D eigenvalue weighted by Crippen LogP contribution is 2.34. The Morgan fingerprint density at radius 3 is 2.67 bits per heavy atom. The average molecular weight is 267 g/mol. The smallest absolute Gasteiger partial charge is 0.328 e. The third kappa shape index (κ3) is 1.83. The number of methoxy groups -OCH3 is 1. The number of hydrogen-bond acceptors (Lipinski definition) is 5. The van der Waals surface area contributed by atoms with Crippen LogP contribution in [0.25, 0.3) is 6.08 Å². The first-order valence-electron chi connectivity index (χ1n) is 5.28. The van der Waals surface area contributed by atoms with Crippen LogP contribution >= 0.6 is 0 Å². The molecule has 0 radical (unpaired) electrons. The summed E-state index contributed by atoms with van der Waals surface area (Å²) in [6.07, 6.45) is 1.42.